The standard InChI is InChI=1S/C14H18N4/c1-18(10-8-12-5-2-3-9-16-12)14-7-4-6-13(11-15)17-14/h2-7,9H,8,10-11,15H2,1H3. The Kier molecular flexibility index (Phi) is 4.25. The molecule has 0 saturated heterocycles. The summed E-state index contributed by atoms with van der Waals surface area (Å²) in [6.07, 6.45) is 2.73. The lowest BCUT2D eigenvalue weighted by Gasteiger charge is -2.18. The van der Waals surface area contributed by atoms with Gasteiger partial charge in [-0.15, -0.1) is 0 Å². The van der Waals surface area contributed by atoms with Gasteiger partial charge in [0.15, 0.2) is 0 Å². The summed E-state index contributed by atoms with van der Waals surface area (Å²) in [5, 5.41) is 0. The van der Waals surface area contributed by atoms with E-state index in [0.29, 0.717) is 6.54 Å². The number of anilines is 1. The summed E-state index contributed by atoms with van der Waals surface area (Å²) < 4.78 is 0. The molecule has 0 aromatic carbocycles. The molecular weight excluding hydrogens is 224 g/mol. The molecule has 2 aromatic rings. The first-order chi connectivity index (χ1) is 8.79. The van der Waals surface area contributed by atoms with Crippen LogP contribution in [0.15, 0.2) is 42.6 Å². The van der Waals surface area contributed by atoms with Gasteiger partial charge in [-0.05, 0) is 24.3 Å². The first kappa shape index (κ1) is 12.5. The molecule has 2 N–H and O–H groups in total. The molecule has 4 nitrogen and oxygen atoms in total. The van der Waals surface area contributed by atoms with Crippen LogP contribution in [0.5, 0.6) is 0 Å². The molecule has 2 heterocycles. The largest absolute Gasteiger partial charge is 0.359 e. The lowest BCUT2D eigenvalue weighted by molar-refractivity contribution is 0.831. The first-order valence-corrected chi connectivity index (χ1v) is 6.06. The van der Waals surface area contributed by atoms with Gasteiger partial charge in [0.2, 0.25) is 0 Å². The predicted molar refractivity (Wildman–Crippen MR) is 73.3 cm³/mol. The molecule has 0 bridgehead atoms. The minimum Gasteiger partial charge on any atom is -0.359 e. The molecule has 0 amide bonds. The Bertz CT molecular complexity index is 484. The Balaban J connectivity index is 1.97. The highest BCUT2D eigenvalue weighted by atomic mass is 15.2. The Morgan fingerprint density at radius 2 is 1.94 bits per heavy atom. The quantitative estimate of drug-likeness (QED) is 0.865. The summed E-state index contributed by atoms with van der Waals surface area (Å²) in [6.45, 7) is 1.36. The molecule has 0 radical (unpaired) electrons. The Hall–Kier alpha value is -1.94. The zero-order valence-electron chi connectivity index (χ0n) is 10.6. The van der Waals surface area contributed by atoms with Gasteiger partial charge < -0.3 is 10.6 Å². The van der Waals surface area contributed by atoms with Crippen molar-refractivity contribution < 1.29 is 0 Å². The number of hydrogen-bond acceptors (Lipinski definition) is 4. The van der Waals surface area contributed by atoms with Gasteiger partial charge in [0, 0.05) is 38.4 Å². The maximum Gasteiger partial charge on any atom is 0.128 e. The van der Waals surface area contributed by atoms with Crippen LogP contribution in [-0.2, 0) is 13.0 Å². The Morgan fingerprint density at radius 3 is 2.67 bits per heavy atom. The zero-order chi connectivity index (χ0) is 12.8. The van der Waals surface area contributed by atoms with Gasteiger partial charge >= 0.3 is 0 Å². The van der Waals surface area contributed by atoms with Crippen LogP contribution >= 0.6 is 0 Å². The van der Waals surface area contributed by atoms with Gasteiger partial charge in [0.25, 0.3) is 0 Å². The van der Waals surface area contributed by atoms with Crippen molar-refractivity contribution in [3.8, 4) is 0 Å². The van der Waals surface area contributed by atoms with E-state index in [9.17, 15) is 0 Å². The molecule has 94 valence electrons. The normalized spacial score (nSPS) is 10.3. The van der Waals surface area contributed by atoms with Crippen LogP contribution in [0.4, 0.5) is 5.82 Å². The minimum atomic E-state index is 0.474. The highest BCUT2D eigenvalue weighted by molar-refractivity contribution is 5.38. The maximum atomic E-state index is 5.59. The van der Waals surface area contributed by atoms with Crippen molar-refractivity contribution in [3.05, 3.63) is 54.0 Å². The molecule has 0 fully saturated rings. The second kappa shape index (κ2) is 6.12. The Morgan fingerprint density at radius 1 is 1.11 bits per heavy atom. The summed E-state index contributed by atoms with van der Waals surface area (Å²) in [7, 11) is 2.03. The number of pyridine rings is 2. The average Bonchev–Trinajstić information content (AvgIpc) is 2.46. The second-order valence-electron chi connectivity index (χ2n) is 4.18. The topological polar surface area (TPSA) is 55.0 Å². The number of nitrogens with zero attached hydrogens (tertiary/aromatic N) is 3. The van der Waals surface area contributed by atoms with Crippen molar-refractivity contribution in [1.29, 1.82) is 0 Å². The van der Waals surface area contributed by atoms with Crippen molar-refractivity contribution in [3.63, 3.8) is 0 Å². The van der Waals surface area contributed by atoms with Gasteiger partial charge in [-0.2, -0.15) is 0 Å². The van der Waals surface area contributed by atoms with E-state index < -0.39 is 0 Å². The van der Waals surface area contributed by atoms with Crippen molar-refractivity contribution in [1.82, 2.24) is 9.97 Å². The number of hydrogen-bond donors (Lipinski definition) is 1. The minimum absolute atomic E-state index is 0.474. The fraction of sp³-hybridized carbons (Fsp3) is 0.286. The monoisotopic (exact) mass is 242 g/mol. The van der Waals surface area contributed by atoms with E-state index in [-0.39, 0.29) is 0 Å². The molecule has 0 unspecified atom stereocenters. The molecular formula is C14H18N4. The third-order valence-corrected chi connectivity index (χ3v) is 2.82. The molecule has 0 atom stereocenters. The van der Waals surface area contributed by atoms with E-state index in [1.807, 2.05) is 49.6 Å². The van der Waals surface area contributed by atoms with E-state index in [4.69, 9.17) is 5.73 Å². The summed E-state index contributed by atoms with van der Waals surface area (Å²) >= 11 is 0. The molecule has 0 aliphatic heterocycles. The SMILES string of the molecule is CN(CCc1ccccn1)c1cccc(CN)n1. The molecule has 2 rings (SSSR count). The molecule has 0 spiro atoms. The number of likely N-dealkylation sites (N-methyl/N-ethyl adjacent to an activating group) is 1. The van der Waals surface area contributed by atoms with Crippen molar-refractivity contribution >= 4 is 5.82 Å². The van der Waals surface area contributed by atoms with Crippen molar-refractivity contribution in [2.45, 2.75) is 13.0 Å². The predicted octanol–water partition coefficient (Wildman–Crippen LogP) is 1.61. The fourth-order valence-electron chi connectivity index (χ4n) is 1.74. The molecule has 4 heteroatoms. The van der Waals surface area contributed by atoms with Crippen LogP contribution < -0.4 is 10.6 Å². The van der Waals surface area contributed by atoms with Gasteiger partial charge in [0.05, 0.1) is 5.69 Å². The molecule has 2 aromatic heterocycles. The van der Waals surface area contributed by atoms with E-state index in [1.165, 1.54) is 0 Å². The van der Waals surface area contributed by atoms with Crippen LogP contribution in [0.3, 0.4) is 0 Å². The number of aromatic nitrogens is 2. The highest BCUT2D eigenvalue weighted by Crippen LogP contribution is 2.10. The first-order valence-electron chi connectivity index (χ1n) is 6.06. The van der Waals surface area contributed by atoms with Crippen LogP contribution in [-0.4, -0.2) is 23.6 Å². The second-order valence-corrected chi connectivity index (χ2v) is 4.18. The third-order valence-electron chi connectivity index (χ3n) is 2.82. The molecule has 0 aliphatic rings. The maximum absolute atomic E-state index is 5.59. The van der Waals surface area contributed by atoms with Crippen LogP contribution in [0, 0.1) is 0 Å². The lowest BCUT2D eigenvalue weighted by Crippen LogP contribution is -2.22. The van der Waals surface area contributed by atoms with E-state index in [0.717, 1.165) is 30.2 Å². The van der Waals surface area contributed by atoms with Gasteiger partial charge in [-0.3, -0.25) is 4.98 Å². The zero-order valence-corrected chi connectivity index (χ0v) is 10.6. The number of nitrogens with two attached hydrogens (primary N) is 1. The van der Waals surface area contributed by atoms with Crippen molar-refractivity contribution in [2.24, 2.45) is 5.73 Å². The third kappa shape index (κ3) is 3.28. The summed E-state index contributed by atoms with van der Waals surface area (Å²) in [6, 6.07) is 11.9. The highest BCUT2D eigenvalue weighted by Gasteiger charge is 2.03. The molecule has 0 aliphatic carbocycles. The van der Waals surface area contributed by atoms with E-state index in [2.05, 4.69) is 14.9 Å². The number of rotatable bonds is 5. The van der Waals surface area contributed by atoms with Crippen LogP contribution in [0.1, 0.15) is 11.4 Å². The van der Waals surface area contributed by atoms with Gasteiger partial charge in [-0.1, -0.05) is 12.1 Å². The van der Waals surface area contributed by atoms with E-state index in [1.54, 1.807) is 0 Å². The smallest absolute Gasteiger partial charge is 0.128 e. The molecule has 18 heavy (non-hydrogen) atoms. The van der Waals surface area contributed by atoms with E-state index >= 15 is 0 Å². The summed E-state index contributed by atoms with van der Waals surface area (Å²) in [5.41, 5.74) is 7.60. The fourth-order valence-corrected chi connectivity index (χ4v) is 1.74. The van der Waals surface area contributed by atoms with Crippen LogP contribution in [0.2, 0.25) is 0 Å². The average molecular weight is 242 g/mol. The van der Waals surface area contributed by atoms with Gasteiger partial charge in [-0.25, -0.2) is 4.98 Å². The van der Waals surface area contributed by atoms with Crippen LogP contribution in [0.25, 0.3) is 0 Å². The van der Waals surface area contributed by atoms with Crippen molar-refractivity contribution in [2.75, 3.05) is 18.5 Å². The van der Waals surface area contributed by atoms with Gasteiger partial charge in [0.1, 0.15) is 5.82 Å². The Labute approximate surface area is 107 Å². The summed E-state index contributed by atoms with van der Waals surface area (Å²) in [4.78, 5) is 10.9. The summed E-state index contributed by atoms with van der Waals surface area (Å²) in [5.74, 6) is 0.953. The lowest BCUT2D eigenvalue weighted by atomic mass is 10.2. The molecule has 0 saturated carbocycles.